The molecule has 0 aliphatic heterocycles. The van der Waals surface area contributed by atoms with E-state index in [1.54, 1.807) is 0 Å². The molecular formula is C26H20F32N2O4. The van der Waals surface area contributed by atoms with E-state index in [1.807, 2.05) is 0 Å². The number of amides is 2. The number of halogens is 32. The normalized spacial score (nSPS) is 15.8. The van der Waals surface area contributed by atoms with Gasteiger partial charge < -0.3 is 20.8 Å². The molecule has 0 rings (SSSR count). The van der Waals surface area contributed by atoms with Crippen LogP contribution in [0.15, 0.2) is 0 Å². The van der Waals surface area contributed by atoms with Crippen molar-refractivity contribution < 1.29 is 160 Å². The Balaban J connectivity index is 8.06. The highest BCUT2D eigenvalue weighted by atomic mass is 19.4. The first-order valence-electron chi connectivity index (χ1n) is 15.5. The fraction of sp³-hybridized carbons (Fsp3) is 0.923. The van der Waals surface area contributed by atoms with Crippen molar-refractivity contribution in [3.05, 3.63) is 0 Å². The number of alkyl halides is 32. The molecule has 64 heavy (non-hydrogen) atoms. The maximum Gasteiger partial charge on any atom is 0.405 e. The smallest absolute Gasteiger partial charge is 0.405 e. The fourth-order valence-electron chi connectivity index (χ4n) is 4.98. The van der Waals surface area contributed by atoms with E-state index in [2.05, 4.69) is 0 Å². The average Bonchev–Trinajstić information content (AvgIpc) is 3.07. The highest BCUT2D eigenvalue weighted by Gasteiger charge is 2.95. The quantitative estimate of drug-likeness (QED) is 0.0541. The number of unbranched alkanes of at least 4 members (excludes halogenated alkanes) is 2. The molecule has 0 bridgehead atoms. The second-order valence-electron chi connectivity index (χ2n) is 13.1. The number of hydrogen-bond acceptors (Lipinski definition) is 2. The fourth-order valence-corrected chi connectivity index (χ4v) is 4.98. The third-order valence-corrected chi connectivity index (χ3v) is 8.56. The molecule has 2 amide bonds. The van der Waals surface area contributed by atoms with E-state index >= 15 is 17.6 Å². The number of hydrogen-bond donors (Lipinski definition) is 4. The van der Waals surface area contributed by atoms with Gasteiger partial charge >= 0.3 is 108 Å². The second-order valence-corrected chi connectivity index (χ2v) is 13.1. The maximum absolute atomic E-state index is 15.1. The SMILES string of the molecule is O=C(O)NCCCCCC(CC(F)(F)C(F)(F)C(F)(F)C(F)(F)C(F)(F)C(F)(F)C(F)(F)C(F)F)(CC(F)(F)C(F)(F)C(F)(F)C(F)(F)C(F)(F)C(F)(F)C(F)(F)C(F)F)NC(=O)O. The zero-order valence-corrected chi connectivity index (χ0v) is 29.4. The van der Waals surface area contributed by atoms with E-state index in [9.17, 15) is 133 Å². The lowest BCUT2D eigenvalue weighted by atomic mass is 9.76. The molecule has 6 nitrogen and oxygen atoms in total. The van der Waals surface area contributed by atoms with Gasteiger partial charge in [-0.2, -0.15) is 123 Å². The van der Waals surface area contributed by atoms with Gasteiger partial charge in [-0.3, -0.25) is 0 Å². The molecular weight excluding hydrogens is 1010 g/mol. The highest BCUT2D eigenvalue weighted by molar-refractivity contribution is 5.65. The Kier molecular flexibility index (Phi) is 16.5. The van der Waals surface area contributed by atoms with Gasteiger partial charge in [0.1, 0.15) is 0 Å². The molecule has 38 heteroatoms. The van der Waals surface area contributed by atoms with Crippen molar-refractivity contribution in [3.8, 4) is 0 Å². The summed E-state index contributed by atoms with van der Waals surface area (Å²) in [5.41, 5.74) is -5.49. The van der Waals surface area contributed by atoms with Crippen molar-refractivity contribution in [2.24, 2.45) is 0 Å². The Morgan fingerprint density at radius 1 is 0.375 bits per heavy atom. The van der Waals surface area contributed by atoms with Crippen molar-refractivity contribution in [1.82, 2.24) is 10.6 Å². The highest BCUT2D eigenvalue weighted by Crippen LogP contribution is 2.66. The zero-order valence-electron chi connectivity index (χ0n) is 29.4. The van der Waals surface area contributed by atoms with E-state index in [0.29, 0.717) is 0 Å². The van der Waals surface area contributed by atoms with E-state index < -0.39 is 159 Å². The predicted molar refractivity (Wildman–Crippen MR) is 139 cm³/mol. The minimum absolute atomic E-state index is 0.0729. The molecule has 382 valence electrons. The number of nitrogens with one attached hydrogen (secondary N) is 2. The van der Waals surface area contributed by atoms with Crippen molar-refractivity contribution in [3.63, 3.8) is 0 Å². The Labute approximate surface area is 330 Å². The minimum Gasteiger partial charge on any atom is -0.465 e. The molecule has 0 saturated carbocycles. The molecule has 4 N–H and O–H groups in total. The van der Waals surface area contributed by atoms with E-state index in [4.69, 9.17) is 10.2 Å². The summed E-state index contributed by atoms with van der Waals surface area (Å²) in [4.78, 5) is 21.8. The summed E-state index contributed by atoms with van der Waals surface area (Å²) in [5.74, 6) is -123. The monoisotopic (exact) mass is 1030 g/mol. The first-order valence-corrected chi connectivity index (χ1v) is 15.5. The van der Waals surface area contributed by atoms with Crippen LogP contribution in [0.5, 0.6) is 0 Å². The van der Waals surface area contributed by atoms with Crippen molar-refractivity contribution >= 4 is 12.2 Å². The third-order valence-electron chi connectivity index (χ3n) is 8.56. The van der Waals surface area contributed by atoms with Crippen LogP contribution in [0.25, 0.3) is 0 Å². The lowest BCUT2D eigenvalue weighted by molar-refractivity contribution is -0.449. The first kappa shape index (κ1) is 60.3. The molecule has 0 aliphatic carbocycles. The Morgan fingerprint density at radius 2 is 0.641 bits per heavy atom. The topological polar surface area (TPSA) is 98.7 Å². The standard InChI is InChI=1S/C26H20F32N2O4/c27-8(28)15(35,36)19(43,44)23(51,52)25(55,56)21(47,48)17(39,40)13(31,32)6-12(60-11(63)64,4-2-1-3-5-59-10(61)62)7-14(33,34)18(41,42)22(49,50)26(57,58)24(53,54)20(45,46)16(37,38)9(29)30/h8-9,59-60H,1-7H2,(H,61,62)(H,63,64). The predicted octanol–water partition coefficient (Wildman–Crippen LogP) is 12.0. The molecule has 0 fully saturated rings. The van der Waals surface area contributed by atoms with Crippen molar-refractivity contribution in [2.45, 2.75) is 140 Å². The minimum atomic E-state index is -9.30. The van der Waals surface area contributed by atoms with Crippen molar-refractivity contribution in [1.29, 1.82) is 0 Å². The van der Waals surface area contributed by atoms with Crippen LogP contribution >= 0.6 is 0 Å². The van der Waals surface area contributed by atoms with Gasteiger partial charge in [-0.15, -0.1) is 0 Å². The summed E-state index contributed by atoms with van der Waals surface area (Å²) in [7, 11) is 0. The van der Waals surface area contributed by atoms with Crippen molar-refractivity contribution in [2.75, 3.05) is 6.54 Å². The summed E-state index contributed by atoms with van der Waals surface area (Å²) >= 11 is 0. The van der Waals surface area contributed by atoms with Gasteiger partial charge in [0.05, 0.1) is 5.54 Å². The van der Waals surface area contributed by atoms with Gasteiger partial charge in [0.2, 0.25) is 0 Å². The Bertz CT molecular complexity index is 1540. The maximum atomic E-state index is 15.1. The van der Waals surface area contributed by atoms with Gasteiger partial charge in [-0.05, 0) is 12.8 Å². The second kappa shape index (κ2) is 17.5. The third kappa shape index (κ3) is 9.32. The van der Waals surface area contributed by atoms with Crippen LogP contribution in [0.4, 0.5) is 150 Å². The van der Waals surface area contributed by atoms with Gasteiger partial charge in [0.25, 0.3) is 0 Å². The molecule has 0 saturated heterocycles. The van der Waals surface area contributed by atoms with Crippen LogP contribution in [-0.4, -0.2) is 130 Å². The molecule has 0 unspecified atom stereocenters. The lowest BCUT2D eigenvalue weighted by Crippen LogP contribution is -2.75. The van der Waals surface area contributed by atoms with Gasteiger partial charge in [-0.25, -0.2) is 27.2 Å². The summed E-state index contributed by atoms with van der Waals surface area (Å²) < 4.78 is 445. The Hall–Kier alpha value is -3.70. The molecule has 0 radical (unpaired) electrons. The van der Waals surface area contributed by atoms with Gasteiger partial charge in [0.15, 0.2) is 0 Å². The van der Waals surface area contributed by atoms with Crippen LogP contribution in [0.1, 0.15) is 38.5 Å². The van der Waals surface area contributed by atoms with Crippen LogP contribution in [0, 0.1) is 0 Å². The Morgan fingerprint density at radius 3 is 0.891 bits per heavy atom. The number of carboxylic acid groups (broad SMARTS) is 2. The van der Waals surface area contributed by atoms with Crippen LogP contribution in [0.2, 0.25) is 0 Å². The van der Waals surface area contributed by atoms with Crippen LogP contribution in [0.3, 0.4) is 0 Å². The number of rotatable bonds is 25. The summed E-state index contributed by atoms with van der Waals surface area (Å²) in [6, 6.07) is 0. The molecule has 0 aliphatic rings. The van der Waals surface area contributed by atoms with Crippen LogP contribution in [-0.2, 0) is 0 Å². The van der Waals surface area contributed by atoms with E-state index in [1.165, 1.54) is 5.32 Å². The zero-order chi connectivity index (χ0) is 52.2. The lowest BCUT2D eigenvalue weighted by Gasteiger charge is -2.46. The number of carbonyl (C=O) groups is 2. The molecule has 0 aromatic heterocycles. The van der Waals surface area contributed by atoms with E-state index in [0.717, 1.165) is 0 Å². The molecule has 0 heterocycles. The summed E-state index contributed by atoms with van der Waals surface area (Å²) in [5, 5.41) is 18.7. The van der Waals surface area contributed by atoms with Gasteiger partial charge in [-0.1, -0.05) is 12.8 Å². The molecule has 0 spiro atoms. The summed E-state index contributed by atoms with van der Waals surface area (Å²) in [6.07, 6.45) is -34.2. The molecule has 0 aromatic rings. The van der Waals surface area contributed by atoms with E-state index in [-0.39, 0.29) is 5.32 Å². The average molecular weight is 1030 g/mol. The first-order chi connectivity index (χ1) is 27.6. The van der Waals surface area contributed by atoms with Gasteiger partial charge in [0, 0.05) is 19.4 Å². The largest absolute Gasteiger partial charge is 0.465 e. The molecule has 0 atom stereocenters. The van der Waals surface area contributed by atoms with Crippen LogP contribution < -0.4 is 10.6 Å². The molecule has 0 aromatic carbocycles. The summed E-state index contributed by atoms with van der Waals surface area (Å²) in [6.45, 7) is -0.979.